The Hall–Kier alpha value is -0.380. The van der Waals surface area contributed by atoms with Gasteiger partial charge in [-0.15, -0.1) is 0 Å². The molecule has 16 heavy (non-hydrogen) atoms. The van der Waals surface area contributed by atoms with Gasteiger partial charge in [-0.2, -0.15) is 11.3 Å². The van der Waals surface area contributed by atoms with E-state index in [1.807, 2.05) is 0 Å². The molecule has 1 aromatic heterocycles. The minimum atomic E-state index is 0.519. The zero-order valence-electron chi connectivity index (χ0n) is 10.1. The van der Waals surface area contributed by atoms with Crippen LogP contribution in [0.1, 0.15) is 31.7 Å². The van der Waals surface area contributed by atoms with Crippen LogP contribution < -0.4 is 10.6 Å². The van der Waals surface area contributed by atoms with E-state index < -0.39 is 0 Å². The average Bonchev–Trinajstić information content (AvgIpc) is 2.90. The predicted octanol–water partition coefficient (Wildman–Crippen LogP) is 2.62. The Labute approximate surface area is 102 Å². The van der Waals surface area contributed by atoms with E-state index in [9.17, 15) is 0 Å². The van der Waals surface area contributed by atoms with Crippen molar-refractivity contribution in [3.63, 3.8) is 0 Å². The van der Waals surface area contributed by atoms with Crippen LogP contribution in [0, 0.1) is 5.41 Å². The van der Waals surface area contributed by atoms with Gasteiger partial charge < -0.3 is 10.6 Å². The van der Waals surface area contributed by atoms with E-state index in [2.05, 4.69) is 34.4 Å². The molecule has 2 nitrogen and oxygen atoms in total. The van der Waals surface area contributed by atoms with Crippen LogP contribution >= 0.6 is 11.3 Å². The van der Waals surface area contributed by atoms with Gasteiger partial charge >= 0.3 is 0 Å². The van der Waals surface area contributed by atoms with Gasteiger partial charge in [0.15, 0.2) is 0 Å². The van der Waals surface area contributed by atoms with E-state index in [4.69, 9.17) is 0 Å². The van der Waals surface area contributed by atoms with Crippen molar-refractivity contribution in [3.8, 4) is 0 Å². The highest BCUT2D eigenvalue weighted by Crippen LogP contribution is 2.30. The number of rotatable bonds is 6. The van der Waals surface area contributed by atoms with Crippen molar-refractivity contribution in [2.75, 3.05) is 19.6 Å². The quantitative estimate of drug-likeness (QED) is 0.796. The van der Waals surface area contributed by atoms with Crippen LogP contribution in [0.25, 0.3) is 0 Å². The van der Waals surface area contributed by atoms with E-state index in [0.29, 0.717) is 5.41 Å². The lowest BCUT2D eigenvalue weighted by atomic mass is 9.82. The molecule has 1 aliphatic heterocycles. The standard InChI is InChI=1S/C13H22N2S/c1-2-4-13(5-6-14-10-13)11-15-8-12-3-7-16-9-12/h3,7,9,14-15H,2,4-6,8,10-11H2,1H3. The van der Waals surface area contributed by atoms with Gasteiger partial charge in [0.25, 0.3) is 0 Å². The van der Waals surface area contributed by atoms with Crippen LogP contribution in [-0.4, -0.2) is 19.6 Å². The largest absolute Gasteiger partial charge is 0.316 e. The Bertz CT molecular complexity index is 289. The van der Waals surface area contributed by atoms with Crippen LogP contribution in [0.15, 0.2) is 16.8 Å². The van der Waals surface area contributed by atoms with Crippen molar-refractivity contribution in [2.24, 2.45) is 5.41 Å². The Morgan fingerprint density at radius 2 is 2.50 bits per heavy atom. The maximum atomic E-state index is 3.62. The SMILES string of the molecule is CCCC1(CNCc2ccsc2)CCNC1. The molecule has 1 fully saturated rings. The van der Waals surface area contributed by atoms with Crippen molar-refractivity contribution in [1.82, 2.24) is 10.6 Å². The summed E-state index contributed by atoms with van der Waals surface area (Å²) in [5.41, 5.74) is 1.94. The number of hydrogen-bond donors (Lipinski definition) is 2. The first-order valence-electron chi connectivity index (χ1n) is 6.27. The number of hydrogen-bond acceptors (Lipinski definition) is 3. The van der Waals surface area contributed by atoms with Gasteiger partial charge in [0.2, 0.25) is 0 Å². The van der Waals surface area contributed by atoms with Gasteiger partial charge in [0.05, 0.1) is 0 Å². The van der Waals surface area contributed by atoms with Crippen LogP contribution in [0.2, 0.25) is 0 Å². The van der Waals surface area contributed by atoms with E-state index >= 15 is 0 Å². The molecule has 1 unspecified atom stereocenters. The second-order valence-corrected chi connectivity index (χ2v) is 5.69. The highest BCUT2D eigenvalue weighted by molar-refractivity contribution is 7.07. The lowest BCUT2D eigenvalue weighted by Crippen LogP contribution is -2.35. The summed E-state index contributed by atoms with van der Waals surface area (Å²) in [6.07, 6.45) is 3.97. The molecule has 2 rings (SSSR count). The first kappa shape index (κ1) is 12.1. The van der Waals surface area contributed by atoms with Crippen molar-refractivity contribution >= 4 is 11.3 Å². The molecule has 0 radical (unpaired) electrons. The third-order valence-corrected chi connectivity index (χ3v) is 4.25. The van der Waals surface area contributed by atoms with Crippen LogP contribution in [-0.2, 0) is 6.54 Å². The normalized spacial score (nSPS) is 25.1. The molecule has 1 aromatic rings. The number of nitrogens with one attached hydrogen (secondary N) is 2. The van der Waals surface area contributed by atoms with Crippen molar-refractivity contribution in [3.05, 3.63) is 22.4 Å². The van der Waals surface area contributed by atoms with E-state index in [-0.39, 0.29) is 0 Å². The molecule has 1 aliphatic rings. The number of thiophene rings is 1. The summed E-state index contributed by atoms with van der Waals surface area (Å²) in [4.78, 5) is 0. The molecule has 3 heteroatoms. The molecule has 1 atom stereocenters. The molecule has 2 N–H and O–H groups in total. The zero-order chi connectivity index (χ0) is 11.3. The lowest BCUT2D eigenvalue weighted by Gasteiger charge is -2.28. The third kappa shape index (κ3) is 3.06. The highest BCUT2D eigenvalue weighted by Gasteiger charge is 2.32. The van der Waals surface area contributed by atoms with E-state index in [1.165, 1.54) is 37.9 Å². The van der Waals surface area contributed by atoms with Gasteiger partial charge in [-0.3, -0.25) is 0 Å². The molecule has 1 saturated heterocycles. The van der Waals surface area contributed by atoms with E-state index in [1.54, 1.807) is 11.3 Å². The molecule has 0 spiro atoms. The predicted molar refractivity (Wildman–Crippen MR) is 70.9 cm³/mol. The molecule has 90 valence electrons. The summed E-state index contributed by atoms with van der Waals surface area (Å²) >= 11 is 1.78. The summed E-state index contributed by atoms with van der Waals surface area (Å²) in [6, 6.07) is 2.21. The highest BCUT2D eigenvalue weighted by atomic mass is 32.1. The van der Waals surface area contributed by atoms with Crippen LogP contribution in [0.5, 0.6) is 0 Å². The monoisotopic (exact) mass is 238 g/mol. The maximum Gasteiger partial charge on any atom is 0.0213 e. The van der Waals surface area contributed by atoms with Gasteiger partial charge in [-0.1, -0.05) is 13.3 Å². The van der Waals surface area contributed by atoms with Crippen LogP contribution in [0.4, 0.5) is 0 Å². The van der Waals surface area contributed by atoms with Crippen molar-refractivity contribution in [1.29, 1.82) is 0 Å². The summed E-state index contributed by atoms with van der Waals surface area (Å²) in [6.45, 7) is 6.86. The summed E-state index contributed by atoms with van der Waals surface area (Å²) < 4.78 is 0. The molecular formula is C13H22N2S. The fourth-order valence-electron chi connectivity index (χ4n) is 2.64. The fraction of sp³-hybridized carbons (Fsp3) is 0.692. The second kappa shape index (κ2) is 5.80. The Morgan fingerprint density at radius 3 is 3.12 bits per heavy atom. The Kier molecular flexibility index (Phi) is 4.38. The Morgan fingerprint density at radius 1 is 1.56 bits per heavy atom. The summed E-state index contributed by atoms with van der Waals surface area (Å²) in [7, 11) is 0. The minimum Gasteiger partial charge on any atom is -0.316 e. The maximum absolute atomic E-state index is 3.62. The lowest BCUT2D eigenvalue weighted by molar-refractivity contribution is 0.276. The first-order chi connectivity index (χ1) is 7.85. The van der Waals surface area contributed by atoms with Gasteiger partial charge in [-0.25, -0.2) is 0 Å². The first-order valence-corrected chi connectivity index (χ1v) is 7.21. The summed E-state index contributed by atoms with van der Waals surface area (Å²) in [5.74, 6) is 0. The fourth-order valence-corrected chi connectivity index (χ4v) is 3.31. The molecule has 0 aliphatic carbocycles. The van der Waals surface area contributed by atoms with Crippen molar-refractivity contribution < 1.29 is 0 Å². The average molecular weight is 238 g/mol. The van der Waals surface area contributed by atoms with Crippen LogP contribution in [0.3, 0.4) is 0 Å². The van der Waals surface area contributed by atoms with Crippen molar-refractivity contribution in [2.45, 2.75) is 32.7 Å². The molecule has 0 bridgehead atoms. The Balaban J connectivity index is 1.78. The minimum absolute atomic E-state index is 0.519. The molecule has 0 saturated carbocycles. The third-order valence-electron chi connectivity index (χ3n) is 3.52. The molecular weight excluding hydrogens is 216 g/mol. The summed E-state index contributed by atoms with van der Waals surface area (Å²) in [5, 5.41) is 11.5. The topological polar surface area (TPSA) is 24.1 Å². The van der Waals surface area contributed by atoms with Gasteiger partial charge in [0, 0.05) is 19.6 Å². The second-order valence-electron chi connectivity index (χ2n) is 4.91. The van der Waals surface area contributed by atoms with Gasteiger partial charge in [0.1, 0.15) is 0 Å². The zero-order valence-corrected chi connectivity index (χ0v) is 10.9. The van der Waals surface area contributed by atoms with E-state index in [0.717, 1.165) is 13.1 Å². The smallest absolute Gasteiger partial charge is 0.0213 e. The molecule has 0 amide bonds. The molecule has 2 heterocycles. The van der Waals surface area contributed by atoms with Gasteiger partial charge in [-0.05, 0) is 47.2 Å². The molecule has 0 aromatic carbocycles.